The van der Waals surface area contributed by atoms with Crippen LogP contribution in [-0.2, 0) is 4.79 Å². The fourth-order valence-corrected chi connectivity index (χ4v) is 3.38. The van der Waals surface area contributed by atoms with Crippen LogP contribution >= 0.6 is 0 Å². The van der Waals surface area contributed by atoms with Crippen LogP contribution in [0.1, 0.15) is 13.8 Å². The summed E-state index contributed by atoms with van der Waals surface area (Å²) in [6, 6.07) is 17.2. The van der Waals surface area contributed by atoms with E-state index in [-0.39, 0.29) is 11.9 Å². The van der Waals surface area contributed by atoms with Gasteiger partial charge in [-0.05, 0) is 50.2 Å². The van der Waals surface area contributed by atoms with E-state index >= 15 is 0 Å². The average molecular weight is 355 g/mol. The Hall–Kier alpha value is -2.37. The number of hydrogen-bond donors (Lipinski definition) is 3. The Balaban J connectivity index is 1.52. The normalized spacial score (nSPS) is 21.0. The largest absolute Gasteiger partial charge is 0.457 e. The molecule has 138 valence electrons. The number of nitrogens with one attached hydrogen (secondary N) is 3. The van der Waals surface area contributed by atoms with Crippen molar-refractivity contribution in [1.82, 2.24) is 0 Å². The third-order valence-corrected chi connectivity index (χ3v) is 5.21. The first kappa shape index (κ1) is 18.4. The molecule has 2 aromatic rings. The molecule has 26 heavy (non-hydrogen) atoms. The highest BCUT2D eigenvalue weighted by molar-refractivity contribution is 5.93. The maximum atomic E-state index is 12.6. The maximum Gasteiger partial charge on any atom is 0.282 e. The molecule has 0 bridgehead atoms. The summed E-state index contributed by atoms with van der Waals surface area (Å²) in [5.41, 5.74) is 0.805. The summed E-state index contributed by atoms with van der Waals surface area (Å²) in [7, 11) is 0. The molecule has 1 heterocycles. The smallest absolute Gasteiger partial charge is 0.282 e. The Labute approximate surface area is 155 Å². The van der Waals surface area contributed by atoms with Crippen LogP contribution in [0.15, 0.2) is 54.6 Å². The van der Waals surface area contributed by atoms with E-state index in [1.807, 2.05) is 61.5 Å². The van der Waals surface area contributed by atoms with Crippen LogP contribution in [0.25, 0.3) is 0 Å². The number of amides is 1. The molecule has 3 rings (SSSR count). The van der Waals surface area contributed by atoms with Gasteiger partial charge in [0, 0.05) is 5.69 Å². The Kier molecular flexibility index (Phi) is 6.26. The Morgan fingerprint density at radius 3 is 2.23 bits per heavy atom. The van der Waals surface area contributed by atoms with Gasteiger partial charge in [0.25, 0.3) is 5.91 Å². The SMILES string of the molecule is CC[NH+]1CC[NH+]([C@@H](C)C(=O)Nc2ccc(Oc3ccccc3)cc2)CC1. The minimum atomic E-state index is -0.0337. The lowest BCUT2D eigenvalue weighted by molar-refractivity contribution is -1.02. The van der Waals surface area contributed by atoms with Crippen molar-refractivity contribution < 1.29 is 19.3 Å². The Morgan fingerprint density at radius 2 is 1.62 bits per heavy atom. The van der Waals surface area contributed by atoms with E-state index in [1.165, 1.54) is 11.4 Å². The second-order valence-corrected chi connectivity index (χ2v) is 6.91. The maximum absolute atomic E-state index is 12.6. The zero-order valence-corrected chi connectivity index (χ0v) is 15.6. The van der Waals surface area contributed by atoms with E-state index in [0.29, 0.717) is 0 Å². The van der Waals surface area contributed by atoms with E-state index in [4.69, 9.17) is 4.74 Å². The van der Waals surface area contributed by atoms with Crippen molar-refractivity contribution in [3.8, 4) is 11.5 Å². The molecule has 1 aliphatic rings. The lowest BCUT2D eigenvalue weighted by Gasteiger charge is -2.32. The van der Waals surface area contributed by atoms with Gasteiger partial charge in [0.1, 0.15) is 37.7 Å². The fourth-order valence-electron chi connectivity index (χ4n) is 3.38. The van der Waals surface area contributed by atoms with Crippen LogP contribution in [0.4, 0.5) is 5.69 Å². The third-order valence-electron chi connectivity index (χ3n) is 5.21. The quantitative estimate of drug-likeness (QED) is 0.711. The lowest BCUT2D eigenvalue weighted by Crippen LogP contribution is -3.29. The zero-order valence-electron chi connectivity index (χ0n) is 15.6. The van der Waals surface area contributed by atoms with Gasteiger partial charge in [-0.3, -0.25) is 4.79 Å². The molecule has 5 heteroatoms. The molecule has 1 saturated heterocycles. The van der Waals surface area contributed by atoms with Crippen LogP contribution in [0.2, 0.25) is 0 Å². The molecule has 1 atom stereocenters. The van der Waals surface area contributed by atoms with Crippen molar-refractivity contribution >= 4 is 11.6 Å². The summed E-state index contributed by atoms with van der Waals surface area (Å²) >= 11 is 0. The van der Waals surface area contributed by atoms with Crippen LogP contribution in [0, 0.1) is 0 Å². The molecule has 1 amide bonds. The number of carbonyl (C=O) groups is 1. The second kappa shape index (κ2) is 8.83. The summed E-state index contributed by atoms with van der Waals surface area (Å²) in [5, 5.41) is 3.03. The molecule has 2 aromatic carbocycles. The molecular formula is C21H29N3O2+2. The van der Waals surface area contributed by atoms with E-state index < -0.39 is 0 Å². The molecule has 0 saturated carbocycles. The standard InChI is InChI=1S/C21H27N3O2/c1-3-23-13-15-24(16-14-23)17(2)21(25)22-18-9-11-20(12-10-18)26-19-7-5-4-6-8-19/h4-12,17H,3,13-16H2,1-2H3,(H,22,25)/p+2/t17-/m0/s1. The topological polar surface area (TPSA) is 47.2 Å². The number of ether oxygens (including phenoxy) is 1. The number of benzene rings is 2. The first-order valence-corrected chi connectivity index (χ1v) is 9.47. The fraction of sp³-hybridized carbons (Fsp3) is 0.381. The molecule has 0 aliphatic carbocycles. The van der Waals surface area contributed by atoms with Gasteiger partial charge in [-0.2, -0.15) is 0 Å². The Morgan fingerprint density at radius 1 is 1.00 bits per heavy atom. The van der Waals surface area contributed by atoms with Crippen molar-refractivity contribution in [2.75, 3.05) is 38.0 Å². The molecule has 5 nitrogen and oxygen atoms in total. The predicted molar refractivity (Wildman–Crippen MR) is 103 cm³/mol. The first-order chi connectivity index (χ1) is 12.7. The van der Waals surface area contributed by atoms with E-state index in [1.54, 1.807) is 4.90 Å². The molecule has 0 radical (unpaired) electrons. The molecule has 0 unspecified atom stereocenters. The van der Waals surface area contributed by atoms with Crippen LogP contribution in [0.3, 0.4) is 0 Å². The molecule has 0 aromatic heterocycles. The van der Waals surface area contributed by atoms with Crippen molar-refractivity contribution in [2.45, 2.75) is 19.9 Å². The van der Waals surface area contributed by atoms with Gasteiger partial charge in [0.15, 0.2) is 6.04 Å². The predicted octanol–water partition coefficient (Wildman–Crippen LogP) is 0.609. The zero-order chi connectivity index (χ0) is 18.4. The lowest BCUT2D eigenvalue weighted by atomic mass is 10.2. The molecule has 1 fully saturated rings. The van der Waals surface area contributed by atoms with E-state index in [0.717, 1.165) is 43.4 Å². The number of likely N-dealkylation sites (N-methyl/N-ethyl adjacent to an activating group) is 1. The Bertz CT molecular complexity index is 695. The highest BCUT2D eigenvalue weighted by atomic mass is 16.5. The van der Waals surface area contributed by atoms with Crippen LogP contribution in [-0.4, -0.2) is 44.7 Å². The van der Waals surface area contributed by atoms with Gasteiger partial charge in [0.05, 0.1) is 6.54 Å². The van der Waals surface area contributed by atoms with Gasteiger partial charge in [0.2, 0.25) is 0 Å². The van der Waals surface area contributed by atoms with Crippen LogP contribution in [0.5, 0.6) is 11.5 Å². The van der Waals surface area contributed by atoms with Crippen molar-refractivity contribution in [2.24, 2.45) is 0 Å². The van der Waals surface area contributed by atoms with Crippen LogP contribution < -0.4 is 19.9 Å². The molecular weight excluding hydrogens is 326 g/mol. The van der Waals surface area contributed by atoms with Gasteiger partial charge in [-0.1, -0.05) is 18.2 Å². The second-order valence-electron chi connectivity index (χ2n) is 6.91. The molecule has 0 spiro atoms. The summed E-state index contributed by atoms with van der Waals surface area (Å²) in [4.78, 5) is 15.6. The summed E-state index contributed by atoms with van der Waals surface area (Å²) in [6.45, 7) is 9.83. The highest BCUT2D eigenvalue weighted by Gasteiger charge is 2.30. The number of hydrogen-bond acceptors (Lipinski definition) is 2. The minimum Gasteiger partial charge on any atom is -0.457 e. The summed E-state index contributed by atoms with van der Waals surface area (Å²) in [5.74, 6) is 1.64. The van der Waals surface area contributed by atoms with Gasteiger partial charge in [-0.25, -0.2) is 0 Å². The van der Waals surface area contributed by atoms with Crippen molar-refractivity contribution in [3.05, 3.63) is 54.6 Å². The van der Waals surface area contributed by atoms with E-state index in [2.05, 4.69) is 12.2 Å². The minimum absolute atomic E-state index is 0.0337. The summed E-state index contributed by atoms with van der Waals surface area (Å²) in [6.07, 6.45) is 0. The number of piperazine rings is 1. The average Bonchev–Trinajstić information content (AvgIpc) is 2.70. The number of rotatable bonds is 6. The molecule has 1 aliphatic heterocycles. The van der Waals surface area contributed by atoms with Crippen molar-refractivity contribution in [1.29, 1.82) is 0 Å². The number of para-hydroxylation sites is 1. The van der Waals surface area contributed by atoms with Gasteiger partial charge >= 0.3 is 0 Å². The van der Waals surface area contributed by atoms with E-state index in [9.17, 15) is 4.79 Å². The van der Waals surface area contributed by atoms with Gasteiger partial charge < -0.3 is 19.9 Å². The monoisotopic (exact) mass is 355 g/mol. The van der Waals surface area contributed by atoms with Crippen molar-refractivity contribution in [3.63, 3.8) is 0 Å². The third kappa shape index (κ3) is 4.84. The first-order valence-electron chi connectivity index (χ1n) is 9.47. The van der Waals surface area contributed by atoms with Gasteiger partial charge in [-0.15, -0.1) is 0 Å². The number of carbonyl (C=O) groups excluding carboxylic acids is 1. The number of anilines is 1. The number of quaternary nitrogens is 2. The summed E-state index contributed by atoms with van der Waals surface area (Å²) < 4.78 is 5.78. The molecule has 3 N–H and O–H groups in total. The highest BCUT2D eigenvalue weighted by Crippen LogP contribution is 2.22.